The van der Waals surface area contributed by atoms with E-state index in [1.807, 2.05) is 13.8 Å². The molecule has 1 rings (SSSR count). The zero-order chi connectivity index (χ0) is 11.8. The average Bonchev–Trinajstić information content (AvgIpc) is 2.44. The fraction of sp³-hybridized carbons (Fsp3) is 0.750. The van der Waals surface area contributed by atoms with E-state index >= 15 is 0 Å². The first-order chi connectivity index (χ1) is 6.76. The molecule has 1 aromatic heterocycles. The van der Waals surface area contributed by atoms with Gasteiger partial charge in [0, 0.05) is 13.0 Å². The van der Waals surface area contributed by atoms with Crippen LogP contribution in [0.2, 0.25) is 0 Å². The minimum Gasteiger partial charge on any atom is -0.444 e. The Morgan fingerprint density at radius 3 is 2.13 bits per heavy atom. The Bertz CT molecular complexity index is 339. The van der Waals surface area contributed by atoms with E-state index in [0.29, 0.717) is 6.04 Å². The maximum atomic E-state index is 5.70. The van der Waals surface area contributed by atoms with Gasteiger partial charge in [-0.15, -0.1) is 0 Å². The highest BCUT2D eigenvalue weighted by molar-refractivity contribution is 5.16. The molecule has 0 bridgehead atoms. The highest BCUT2D eigenvalue weighted by atomic mass is 16.4. The minimum atomic E-state index is -0.112. The maximum Gasteiger partial charge on any atom is 0.191 e. The predicted octanol–water partition coefficient (Wildman–Crippen LogP) is 2.87. The van der Waals surface area contributed by atoms with Crippen molar-refractivity contribution in [1.82, 2.24) is 9.88 Å². The van der Waals surface area contributed by atoms with E-state index in [2.05, 4.69) is 44.6 Å². The van der Waals surface area contributed by atoms with Crippen LogP contribution in [0.4, 0.5) is 0 Å². The van der Waals surface area contributed by atoms with Crippen LogP contribution in [0.15, 0.2) is 4.42 Å². The van der Waals surface area contributed by atoms with Gasteiger partial charge in [0.15, 0.2) is 5.89 Å². The van der Waals surface area contributed by atoms with Gasteiger partial charge in [0.2, 0.25) is 0 Å². The molecule has 1 aromatic rings. The van der Waals surface area contributed by atoms with Gasteiger partial charge in [-0.1, -0.05) is 0 Å². The number of oxazole rings is 1. The van der Waals surface area contributed by atoms with Crippen LogP contribution in [0.1, 0.15) is 45.0 Å². The third kappa shape index (κ3) is 2.23. The van der Waals surface area contributed by atoms with Crippen molar-refractivity contribution in [1.29, 1.82) is 0 Å². The summed E-state index contributed by atoms with van der Waals surface area (Å²) >= 11 is 0. The quantitative estimate of drug-likeness (QED) is 0.768. The molecule has 0 amide bonds. The summed E-state index contributed by atoms with van der Waals surface area (Å²) in [6.45, 7) is 12.6. The Kier molecular flexibility index (Phi) is 3.24. The van der Waals surface area contributed by atoms with Crippen LogP contribution in [0.25, 0.3) is 0 Å². The van der Waals surface area contributed by atoms with Crippen LogP contribution in [0, 0.1) is 13.8 Å². The van der Waals surface area contributed by atoms with Crippen LogP contribution in [0.5, 0.6) is 0 Å². The van der Waals surface area contributed by atoms with Gasteiger partial charge in [0.25, 0.3) is 0 Å². The molecule has 0 spiro atoms. The van der Waals surface area contributed by atoms with Crippen LogP contribution in [-0.2, 0) is 5.54 Å². The molecule has 0 aliphatic rings. The molecule has 0 atom stereocenters. The van der Waals surface area contributed by atoms with Gasteiger partial charge < -0.3 is 4.42 Å². The van der Waals surface area contributed by atoms with Crippen molar-refractivity contribution < 1.29 is 4.42 Å². The smallest absolute Gasteiger partial charge is 0.191 e. The summed E-state index contributed by atoms with van der Waals surface area (Å²) in [4.78, 5) is 6.62. The second-order valence-corrected chi connectivity index (χ2v) is 4.91. The van der Waals surface area contributed by atoms with E-state index in [4.69, 9.17) is 4.42 Å². The monoisotopic (exact) mass is 210 g/mol. The lowest BCUT2D eigenvalue weighted by Gasteiger charge is -2.37. The Morgan fingerprint density at radius 2 is 1.80 bits per heavy atom. The molecule has 0 aromatic carbocycles. The highest BCUT2D eigenvalue weighted by Crippen LogP contribution is 2.30. The lowest BCUT2D eigenvalue weighted by Crippen LogP contribution is -2.43. The van der Waals surface area contributed by atoms with Crippen LogP contribution >= 0.6 is 0 Å². The first-order valence-electron chi connectivity index (χ1n) is 5.44. The number of hydrogen-bond donors (Lipinski definition) is 0. The van der Waals surface area contributed by atoms with Crippen molar-refractivity contribution >= 4 is 0 Å². The van der Waals surface area contributed by atoms with Gasteiger partial charge in [0.1, 0.15) is 5.76 Å². The fourth-order valence-electron chi connectivity index (χ4n) is 1.90. The summed E-state index contributed by atoms with van der Waals surface area (Å²) in [5.74, 6) is 1.71. The molecule has 1 heterocycles. The summed E-state index contributed by atoms with van der Waals surface area (Å²) in [6, 6.07) is 0.477. The van der Waals surface area contributed by atoms with E-state index in [1.54, 1.807) is 0 Å². The van der Waals surface area contributed by atoms with Crippen LogP contribution in [-0.4, -0.2) is 23.0 Å². The maximum absolute atomic E-state index is 5.70. The molecule has 0 saturated heterocycles. The van der Waals surface area contributed by atoms with E-state index in [9.17, 15) is 0 Å². The molecule has 0 unspecified atom stereocenters. The van der Waals surface area contributed by atoms with Crippen LogP contribution in [0.3, 0.4) is 0 Å². The van der Waals surface area contributed by atoms with Gasteiger partial charge in [-0.25, -0.2) is 4.98 Å². The summed E-state index contributed by atoms with van der Waals surface area (Å²) < 4.78 is 5.70. The second kappa shape index (κ2) is 3.97. The number of nitrogens with zero attached hydrogens (tertiary/aromatic N) is 2. The second-order valence-electron chi connectivity index (χ2n) is 4.91. The van der Waals surface area contributed by atoms with Gasteiger partial charge in [-0.2, -0.15) is 0 Å². The topological polar surface area (TPSA) is 29.3 Å². The van der Waals surface area contributed by atoms with Crippen molar-refractivity contribution in [2.75, 3.05) is 7.05 Å². The van der Waals surface area contributed by atoms with Crippen LogP contribution < -0.4 is 0 Å². The van der Waals surface area contributed by atoms with E-state index in [0.717, 1.165) is 17.3 Å². The molecule has 86 valence electrons. The van der Waals surface area contributed by atoms with Gasteiger partial charge in [-0.05, 0) is 41.7 Å². The first-order valence-corrected chi connectivity index (χ1v) is 5.44. The molecular formula is C12H22N2O. The number of aryl methyl sites for hydroxylation is 2. The van der Waals surface area contributed by atoms with E-state index in [1.165, 1.54) is 0 Å². The predicted molar refractivity (Wildman–Crippen MR) is 61.9 cm³/mol. The number of aromatic nitrogens is 1. The summed E-state index contributed by atoms with van der Waals surface area (Å²) in [5.41, 5.74) is 0.879. The Hall–Kier alpha value is -0.830. The molecule has 15 heavy (non-hydrogen) atoms. The largest absolute Gasteiger partial charge is 0.444 e. The molecule has 3 nitrogen and oxygen atoms in total. The zero-order valence-corrected chi connectivity index (χ0v) is 10.9. The molecule has 0 fully saturated rings. The van der Waals surface area contributed by atoms with Crippen molar-refractivity contribution in [3.05, 3.63) is 17.3 Å². The highest BCUT2D eigenvalue weighted by Gasteiger charge is 2.33. The first kappa shape index (κ1) is 12.2. The fourth-order valence-corrected chi connectivity index (χ4v) is 1.90. The summed E-state index contributed by atoms with van der Waals surface area (Å²) in [7, 11) is 2.11. The molecular weight excluding hydrogens is 188 g/mol. The van der Waals surface area contributed by atoms with Gasteiger partial charge in [-0.3, -0.25) is 4.90 Å². The van der Waals surface area contributed by atoms with Crippen molar-refractivity contribution in [2.45, 2.75) is 53.1 Å². The number of hydrogen-bond acceptors (Lipinski definition) is 3. The zero-order valence-electron chi connectivity index (χ0n) is 10.9. The van der Waals surface area contributed by atoms with Gasteiger partial charge >= 0.3 is 0 Å². The van der Waals surface area contributed by atoms with Crippen molar-refractivity contribution in [2.24, 2.45) is 0 Å². The van der Waals surface area contributed by atoms with E-state index < -0.39 is 0 Å². The lowest BCUT2D eigenvalue weighted by atomic mass is 9.97. The molecule has 0 N–H and O–H groups in total. The Balaban J connectivity index is 3.10. The van der Waals surface area contributed by atoms with Crippen molar-refractivity contribution in [3.63, 3.8) is 0 Å². The third-order valence-corrected chi connectivity index (χ3v) is 3.12. The molecule has 0 radical (unpaired) electrons. The molecule has 0 saturated carbocycles. The molecule has 3 heteroatoms. The standard InChI is InChI=1S/C12H22N2O/c1-8(2)14(7)12(5,6)11-9(3)13-10(4)15-11/h8H,1-7H3. The Morgan fingerprint density at radius 1 is 1.27 bits per heavy atom. The summed E-state index contributed by atoms with van der Waals surface area (Å²) in [5, 5.41) is 0. The molecule has 0 aliphatic heterocycles. The Labute approximate surface area is 92.5 Å². The van der Waals surface area contributed by atoms with E-state index in [-0.39, 0.29) is 5.54 Å². The van der Waals surface area contributed by atoms with Gasteiger partial charge in [0.05, 0.1) is 11.2 Å². The lowest BCUT2D eigenvalue weighted by molar-refractivity contribution is 0.0939. The van der Waals surface area contributed by atoms with Crippen molar-refractivity contribution in [3.8, 4) is 0 Å². The summed E-state index contributed by atoms with van der Waals surface area (Å²) in [6.07, 6.45) is 0. The average molecular weight is 210 g/mol. The number of rotatable bonds is 3. The minimum absolute atomic E-state index is 0.112. The molecule has 0 aliphatic carbocycles. The SMILES string of the molecule is Cc1nc(C)c(C(C)(C)N(C)C(C)C)o1. The third-order valence-electron chi connectivity index (χ3n) is 3.12. The normalized spacial score (nSPS) is 12.9.